The quantitative estimate of drug-likeness (QED) is 0.532. The van der Waals surface area contributed by atoms with E-state index in [1.54, 1.807) is 4.90 Å². The van der Waals surface area contributed by atoms with E-state index < -0.39 is 0 Å². The summed E-state index contributed by atoms with van der Waals surface area (Å²) in [4.78, 5) is 19.7. The van der Waals surface area contributed by atoms with Crippen LogP contribution in [0.2, 0.25) is 0 Å². The predicted octanol–water partition coefficient (Wildman–Crippen LogP) is 5.54. The van der Waals surface area contributed by atoms with E-state index in [2.05, 4.69) is 0 Å². The summed E-state index contributed by atoms with van der Waals surface area (Å²) in [6.07, 6.45) is 1.82. The molecule has 0 spiro atoms. The minimum absolute atomic E-state index is 0.136. The highest BCUT2D eigenvalue weighted by molar-refractivity contribution is 6.33. The molecule has 30 heavy (non-hydrogen) atoms. The van der Waals surface area contributed by atoms with E-state index in [1.807, 2.05) is 99.6 Å². The Morgan fingerprint density at radius 3 is 2.07 bits per heavy atom. The van der Waals surface area contributed by atoms with Crippen molar-refractivity contribution in [2.45, 2.75) is 20.8 Å². The number of hydrogen-bond donors (Lipinski definition) is 0. The number of nitrogens with zero attached hydrogens (tertiary/aromatic N) is 2. The van der Waals surface area contributed by atoms with Gasteiger partial charge in [0.2, 0.25) is 0 Å². The minimum atomic E-state index is -0.136. The molecule has 1 amide bonds. The van der Waals surface area contributed by atoms with Gasteiger partial charge in [-0.3, -0.25) is 9.69 Å². The zero-order valence-corrected chi connectivity index (χ0v) is 17.4. The highest BCUT2D eigenvalue weighted by Crippen LogP contribution is 2.28. The van der Waals surface area contributed by atoms with Gasteiger partial charge in [-0.1, -0.05) is 59.7 Å². The normalized spacial score (nSPS) is 14.9. The molecule has 4 heteroatoms. The summed E-state index contributed by atoms with van der Waals surface area (Å²) in [5, 5.41) is 0. The predicted molar refractivity (Wildman–Crippen MR) is 122 cm³/mol. The van der Waals surface area contributed by atoms with Gasteiger partial charge >= 0.3 is 0 Å². The lowest BCUT2D eigenvalue weighted by Gasteiger charge is -2.19. The van der Waals surface area contributed by atoms with Crippen molar-refractivity contribution in [3.8, 4) is 5.75 Å². The van der Waals surface area contributed by atoms with Crippen LogP contribution in [0, 0.1) is 13.8 Å². The third-order valence-corrected chi connectivity index (χ3v) is 4.96. The molecule has 0 bridgehead atoms. The van der Waals surface area contributed by atoms with E-state index >= 15 is 0 Å². The number of ether oxygens (including phenoxy) is 1. The fourth-order valence-electron chi connectivity index (χ4n) is 3.33. The number of hydrogen-bond acceptors (Lipinski definition) is 3. The van der Waals surface area contributed by atoms with Crippen LogP contribution in [-0.2, 0) is 4.79 Å². The van der Waals surface area contributed by atoms with Gasteiger partial charge in [-0.2, -0.15) is 0 Å². The van der Waals surface area contributed by atoms with Gasteiger partial charge < -0.3 is 4.74 Å². The highest BCUT2D eigenvalue weighted by atomic mass is 16.5. The first-order valence-corrected chi connectivity index (χ1v) is 10.1. The van der Waals surface area contributed by atoms with Gasteiger partial charge in [-0.05, 0) is 56.7 Å². The fraction of sp³-hybridized carbons (Fsp3) is 0.154. The van der Waals surface area contributed by atoms with Gasteiger partial charge in [0.1, 0.15) is 17.3 Å². The van der Waals surface area contributed by atoms with Crippen LogP contribution in [0.4, 0.5) is 5.69 Å². The topological polar surface area (TPSA) is 41.9 Å². The first kappa shape index (κ1) is 19.6. The standard InChI is InChI=1S/C26H24N2O2/c1-4-30-23-15-9-20(10-16-23)17-24-26(29)28(22-13-7-19(3)8-14-22)25(27-24)21-11-5-18(2)6-12-21/h5-17H,4H2,1-3H3. The number of carbonyl (C=O) groups excluding carboxylic acids is 1. The number of aliphatic imine (C=N–C) groups is 1. The van der Waals surface area contributed by atoms with E-state index in [4.69, 9.17) is 9.73 Å². The maximum absolute atomic E-state index is 13.3. The van der Waals surface area contributed by atoms with Crippen molar-refractivity contribution in [3.05, 3.63) is 101 Å². The van der Waals surface area contributed by atoms with Crippen LogP contribution in [0.5, 0.6) is 5.75 Å². The molecule has 0 unspecified atom stereocenters. The Balaban J connectivity index is 1.75. The van der Waals surface area contributed by atoms with Crippen molar-refractivity contribution in [1.29, 1.82) is 0 Å². The molecule has 0 aromatic heterocycles. The first-order valence-electron chi connectivity index (χ1n) is 10.1. The summed E-state index contributed by atoms with van der Waals surface area (Å²) >= 11 is 0. The minimum Gasteiger partial charge on any atom is -0.494 e. The largest absolute Gasteiger partial charge is 0.494 e. The summed E-state index contributed by atoms with van der Waals surface area (Å²) in [6, 6.07) is 23.6. The maximum Gasteiger partial charge on any atom is 0.282 e. The summed E-state index contributed by atoms with van der Waals surface area (Å²) in [5.41, 5.74) is 5.33. The van der Waals surface area contributed by atoms with Gasteiger partial charge in [0.25, 0.3) is 5.91 Å². The Labute approximate surface area is 177 Å². The van der Waals surface area contributed by atoms with E-state index in [0.717, 1.165) is 33.7 Å². The second-order valence-corrected chi connectivity index (χ2v) is 7.31. The number of anilines is 1. The molecule has 0 saturated heterocycles. The van der Waals surface area contributed by atoms with Gasteiger partial charge in [0, 0.05) is 5.56 Å². The number of amidine groups is 1. The monoisotopic (exact) mass is 396 g/mol. The molecule has 0 aliphatic carbocycles. The van der Waals surface area contributed by atoms with Crippen LogP contribution in [0.25, 0.3) is 6.08 Å². The molecular formula is C26H24N2O2. The van der Waals surface area contributed by atoms with Crippen LogP contribution in [0.1, 0.15) is 29.2 Å². The van der Waals surface area contributed by atoms with Crippen LogP contribution in [-0.4, -0.2) is 18.3 Å². The lowest BCUT2D eigenvalue weighted by atomic mass is 10.1. The van der Waals surface area contributed by atoms with Crippen molar-refractivity contribution in [3.63, 3.8) is 0 Å². The molecule has 0 saturated carbocycles. The molecule has 4 nitrogen and oxygen atoms in total. The molecule has 0 fully saturated rings. The number of aryl methyl sites for hydroxylation is 2. The van der Waals surface area contributed by atoms with Crippen LogP contribution in [0.3, 0.4) is 0 Å². The number of benzene rings is 3. The van der Waals surface area contributed by atoms with E-state index in [1.165, 1.54) is 0 Å². The molecule has 0 radical (unpaired) electrons. The summed E-state index contributed by atoms with van der Waals surface area (Å²) in [7, 11) is 0. The van der Waals surface area contributed by atoms with Crippen molar-refractivity contribution in [2.24, 2.45) is 4.99 Å². The average molecular weight is 396 g/mol. The van der Waals surface area contributed by atoms with Gasteiger partial charge in [0.05, 0.1) is 12.3 Å². The van der Waals surface area contributed by atoms with Gasteiger partial charge in [-0.15, -0.1) is 0 Å². The molecule has 1 aliphatic rings. The summed E-state index contributed by atoms with van der Waals surface area (Å²) in [6.45, 7) is 6.64. The molecule has 150 valence electrons. The Morgan fingerprint density at radius 2 is 1.47 bits per heavy atom. The molecule has 4 rings (SSSR count). The maximum atomic E-state index is 13.3. The molecule has 0 atom stereocenters. The Kier molecular flexibility index (Phi) is 5.48. The Hall–Kier alpha value is -3.66. The lowest BCUT2D eigenvalue weighted by molar-refractivity contribution is -0.113. The van der Waals surface area contributed by atoms with E-state index in [-0.39, 0.29) is 5.91 Å². The molecule has 3 aromatic carbocycles. The highest BCUT2D eigenvalue weighted by Gasteiger charge is 2.32. The van der Waals surface area contributed by atoms with Crippen LogP contribution < -0.4 is 9.64 Å². The Bertz CT molecular complexity index is 1110. The smallest absolute Gasteiger partial charge is 0.282 e. The van der Waals surface area contributed by atoms with Crippen LogP contribution in [0.15, 0.2) is 83.5 Å². The second-order valence-electron chi connectivity index (χ2n) is 7.31. The van der Waals surface area contributed by atoms with Gasteiger partial charge in [0.15, 0.2) is 0 Å². The Morgan fingerprint density at radius 1 is 0.867 bits per heavy atom. The summed E-state index contributed by atoms with van der Waals surface area (Å²) in [5.74, 6) is 1.31. The molecule has 0 N–H and O–H groups in total. The zero-order chi connectivity index (χ0) is 21.1. The molecule has 1 heterocycles. The number of carbonyl (C=O) groups is 1. The first-order chi connectivity index (χ1) is 14.5. The zero-order valence-electron chi connectivity index (χ0n) is 17.4. The van der Waals surface area contributed by atoms with E-state index in [9.17, 15) is 4.79 Å². The third kappa shape index (κ3) is 4.03. The SMILES string of the molecule is CCOc1ccc(C=C2N=C(c3ccc(C)cc3)N(c3ccc(C)cc3)C2=O)cc1. The molecular weight excluding hydrogens is 372 g/mol. The van der Waals surface area contributed by atoms with Crippen molar-refractivity contribution >= 4 is 23.5 Å². The third-order valence-electron chi connectivity index (χ3n) is 4.96. The average Bonchev–Trinajstić information content (AvgIpc) is 3.07. The van der Waals surface area contributed by atoms with Crippen LogP contribution >= 0.6 is 0 Å². The van der Waals surface area contributed by atoms with Crippen molar-refractivity contribution < 1.29 is 9.53 Å². The van der Waals surface area contributed by atoms with E-state index in [0.29, 0.717) is 18.1 Å². The molecule has 1 aliphatic heterocycles. The summed E-state index contributed by atoms with van der Waals surface area (Å²) < 4.78 is 5.50. The number of amides is 1. The van der Waals surface area contributed by atoms with Gasteiger partial charge in [-0.25, -0.2) is 4.99 Å². The molecule has 3 aromatic rings. The number of rotatable bonds is 5. The second kappa shape index (κ2) is 8.37. The fourth-order valence-corrected chi connectivity index (χ4v) is 3.33. The van der Waals surface area contributed by atoms with Crippen molar-refractivity contribution in [2.75, 3.05) is 11.5 Å². The lowest BCUT2D eigenvalue weighted by Crippen LogP contribution is -2.32. The van der Waals surface area contributed by atoms with Crippen molar-refractivity contribution in [1.82, 2.24) is 0 Å².